The van der Waals surface area contributed by atoms with Crippen molar-refractivity contribution in [3.8, 4) is 33.4 Å². The van der Waals surface area contributed by atoms with Crippen LogP contribution in [0.15, 0.2) is 162 Å². The normalized spacial score (nSPS) is 13.0. The van der Waals surface area contributed by atoms with Crippen molar-refractivity contribution in [2.24, 2.45) is 0 Å². The highest BCUT2D eigenvalue weighted by Crippen LogP contribution is 2.48. The van der Waals surface area contributed by atoms with E-state index >= 15 is 0 Å². The van der Waals surface area contributed by atoms with Crippen molar-refractivity contribution in [2.45, 2.75) is 12.8 Å². The molecule has 1 nitrogen and oxygen atoms in total. The number of allylic oxidation sites excluding steroid dienone is 4. The molecule has 1 aliphatic rings. The minimum absolute atomic E-state index is 0.896. The van der Waals surface area contributed by atoms with Crippen LogP contribution >= 0.6 is 0 Å². The summed E-state index contributed by atoms with van der Waals surface area (Å²) >= 11 is 0. The SMILES string of the molecule is c1ccc2c(-c3cc(-c4cccc5ccccc45)c4oc5ccccc5c4c3)c3ccccc3c(-c3ccccc3C3=CC=CCC3)c2c#1. The van der Waals surface area contributed by atoms with Gasteiger partial charge in [-0.25, -0.2) is 0 Å². The van der Waals surface area contributed by atoms with E-state index in [9.17, 15) is 0 Å². The largest absolute Gasteiger partial charge is 0.455 e. The van der Waals surface area contributed by atoms with Gasteiger partial charge in [-0.15, -0.1) is 0 Å². The monoisotopic (exact) mass is 622 g/mol. The molecule has 0 unspecified atom stereocenters. The van der Waals surface area contributed by atoms with Gasteiger partial charge in [0.05, 0.1) is 0 Å². The van der Waals surface area contributed by atoms with Crippen LogP contribution in [0.3, 0.4) is 0 Å². The minimum atomic E-state index is 0.896. The van der Waals surface area contributed by atoms with Crippen LogP contribution in [0.5, 0.6) is 0 Å². The molecular weight excluding hydrogens is 593 g/mol. The quantitative estimate of drug-likeness (QED) is 0.190. The first-order chi connectivity index (χ1) is 24.3. The molecule has 0 radical (unpaired) electrons. The molecule has 0 fully saturated rings. The molecule has 0 amide bonds. The maximum atomic E-state index is 6.68. The van der Waals surface area contributed by atoms with Gasteiger partial charge < -0.3 is 4.42 Å². The molecule has 228 valence electrons. The first-order valence-corrected chi connectivity index (χ1v) is 17.0. The van der Waals surface area contributed by atoms with Gasteiger partial charge in [0.2, 0.25) is 0 Å². The standard InChI is InChI=1S/C48H30O/c1-2-15-31(16-3-1)35-20-6-7-22-38(35)47-41-25-10-8-23-39(41)46(40-24-9-11-26-42(40)47)33-29-43(36-27-14-18-32-17-4-5-19-34(32)36)48-44(30-33)37-21-12-13-28-45(37)49-48/h1-2,4-10,12-15,17-25,27-30H,3,16H2. The molecule has 0 saturated heterocycles. The van der Waals surface area contributed by atoms with Gasteiger partial charge in [-0.3, -0.25) is 0 Å². The van der Waals surface area contributed by atoms with Crippen LogP contribution in [0.2, 0.25) is 0 Å². The molecule has 0 saturated carbocycles. The molecule has 9 aromatic rings. The van der Waals surface area contributed by atoms with Gasteiger partial charge in [-0.1, -0.05) is 140 Å². The zero-order valence-corrected chi connectivity index (χ0v) is 26.8. The third-order valence-corrected chi connectivity index (χ3v) is 10.2. The maximum absolute atomic E-state index is 6.68. The Hall–Kier alpha value is -6.36. The van der Waals surface area contributed by atoms with Crippen LogP contribution in [-0.4, -0.2) is 0 Å². The highest BCUT2D eigenvalue weighted by atomic mass is 16.3. The summed E-state index contributed by atoms with van der Waals surface area (Å²) in [7, 11) is 0. The summed E-state index contributed by atoms with van der Waals surface area (Å²) in [6, 6.07) is 57.2. The van der Waals surface area contributed by atoms with Gasteiger partial charge in [0.15, 0.2) is 0 Å². The van der Waals surface area contributed by atoms with E-state index in [-0.39, 0.29) is 0 Å². The molecule has 8 aromatic carbocycles. The molecule has 0 N–H and O–H groups in total. The number of hydrogen-bond acceptors (Lipinski definition) is 1. The van der Waals surface area contributed by atoms with Gasteiger partial charge in [0.25, 0.3) is 0 Å². The fraction of sp³-hybridized carbons (Fsp3) is 0.0417. The number of benzene rings is 7. The highest BCUT2D eigenvalue weighted by Gasteiger charge is 2.22. The first kappa shape index (κ1) is 27.7. The summed E-state index contributed by atoms with van der Waals surface area (Å²) < 4.78 is 6.68. The Balaban J connectivity index is 1.33. The lowest BCUT2D eigenvalue weighted by Gasteiger charge is -2.20. The second-order valence-electron chi connectivity index (χ2n) is 12.9. The summed E-state index contributed by atoms with van der Waals surface area (Å²) in [5, 5.41) is 9.33. The third-order valence-electron chi connectivity index (χ3n) is 10.2. The molecule has 1 heterocycles. The van der Waals surface area contributed by atoms with Crippen LogP contribution in [0, 0.1) is 12.1 Å². The van der Waals surface area contributed by atoms with E-state index in [0.717, 1.165) is 62.2 Å². The summed E-state index contributed by atoms with van der Waals surface area (Å²) in [4.78, 5) is 0. The van der Waals surface area contributed by atoms with E-state index < -0.39 is 0 Å². The van der Waals surface area contributed by atoms with Crippen LogP contribution in [0.4, 0.5) is 0 Å². The molecule has 0 spiro atoms. The first-order valence-electron chi connectivity index (χ1n) is 17.0. The highest BCUT2D eigenvalue weighted by molar-refractivity contribution is 6.23. The lowest BCUT2D eigenvalue weighted by atomic mass is 9.82. The van der Waals surface area contributed by atoms with Crippen LogP contribution in [0.25, 0.3) is 93.2 Å². The van der Waals surface area contributed by atoms with E-state index in [1.165, 1.54) is 49.4 Å². The molecular formula is C48H30O. The Labute approximate surface area is 285 Å². The van der Waals surface area contributed by atoms with Crippen molar-refractivity contribution >= 4 is 59.8 Å². The average molecular weight is 623 g/mol. The van der Waals surface area contributed by atoms with E-state index in [2.05, 4.69) is 158 Å². The Kier molecular flexibility index (Phi) is 6.29. The van der Waals surface area contributed by atoms with Crippen molar-refractivity contribution in [3.63, 3.8) is 0 Å². The molecule has 0 aliphatic heterocycles. The number of hydrogen-bond donors (Lipinski definition) is 0. The predicted octanol–water partition coefficient (Wildman–Crippen LogP) is 13.4. The fourth-order valence-electron chi connectivity index (χ4n) is 8.02. The van der Waals surface area contributed by atoms with Crippen molar-refractivity contribution in [2.75, 3.05) is 0 Å². The smallest absolute Gasteiger partial charge is 0.143 e. The fourth-order valence-corrected chi connectivity index (χ4v) is 8.02. The topological polar surface area (TPSA) is 13.1 Å². The average Bonchev–Trinajstić information content (AvgIpc) is 3.55. The van der Waals surface area contributed by atoms with Crippen molar-refractivity contribution in [1.82, 2.24) is 0 Å². The molecule has 49 heavy (non-hydrogen) atoms. The van der Waals surface area contributed by atoms with Crippen LogP contribution in [0.1, 0.15) is 18.4 Å². The lowest BCUT2D eigenvalue weighted by Crippen LogP contribution is -1.95. The Morgan fingerprint density at radius 2 is 1.24 bits per heavy atom. The summed E-state index contributed by atoms with van der Waals surface area (Å²) in [5.41, 5.74) is 11.5. The second-order valence-corrected chi connectivity index (χ2v) is 12.9. The van der Waals surface area contributed by atoms with Gasteiger partial charge in [-0.2, -0.15) is 0 Å². The Bertz CT molecular complexity index is 2760. The van der Waals surface area contributed by atoms with Gasteiger partial charge >= 0.3 is 0 Å². The van der Waals surface area contributed by atoms with E-state index in [0.29, 0.717) is 0 Å². The summed E-state index contributed by atoms with van der Waals surface area (Å²) in [6.45, 7) is 0. The lowest BCUT2D eigenvalue weighted by molar-refractivity contribution is 0.670. The number of para-hydroxylation sites is 1. The van der Waals surface area contributed by atoms with Crippen molar-refractivity contribution in [1.29, 1.82) is 0 Å². The molecule has 1 heteroatoms. The van der Waals surface area contributed by atoms with Gasteiger partial charge in [0.1, 0.15) is 11.2 Å². The van der Waals surface area contributed by atoms with Crippen molar-refractivity contribution < 1.29 is 4.42 Å². The number of furan rings is 1. The minimum Gasteiger partial charge on any atom is -0.455 e. The van der Waals surface area contributed by atoms with Crippen LogP contribution < -0.4 is 0 Å². The summed E-state index contributed by atoms with van der Waals surface area (Å²) in [5.74, 6) is 0. The number of rotatable bonds is 4. The molecule has 1 aromatic heterocycles. The zero-order chi connectivity index (χ0) is 32.3. The predicted molar refractivity (Wildman–Crippen MR) is 207 cm³/mol. The van der Waals surface area contributed by atoms with E-state index in [1.807, 2.05) is 12.1 Å². The molecule has 1 aliphatic carbocycles. The van der Waals surface area contributed by atoms with Crippen LogP contribution in [-0.2, 0) is 0 Å². The van der Waals surface area contributed by atoms with Crippen molar-refractivity contribution in [3.05, 3.63) is 175 Å². The third kappa shape index (κ3) is 4.35. The Morgan fingerprint density at radius 1 is 0.531 bits per heavy atom. The maximum Gasteiger partial charge on any atom is 0.143 e. The summed E-state index contributed by atoms with van der Waals surface area (Å²) in [6.07, 6.45) is 8.81. The molecule has 10 rings (SSSR count). The number of fused-ring (bicyclic) bond motifs is 6. The van der Waals surface area contributed by atoms with Gasteiger partial charge in [-0.05, 0) is 103 Å². The van der Waals surface area contributed by atoms with Gasteiger partial charge in [0, 0.05) is 27.3 Å². The van der Waals surface area contributed by atoms with E-state index in [1.54, 1.807) is 0 Å². The zero-order valence-electron chi connectivity index (χ0n) is 26.8. The molecule has 0 bridgehead atoms. The second kappa shape index (κ2) is 11.1. The van der Waals surface area contributed by atoms with E-state index in [4.69, 9.17) is 4.42 Å². The Morgan fingerprint density at radius 3 is 2.10 bits per heavy atom. The molecule has 0 atom stereocenters.